The maximum absolute atomic E-state index is 13.2. The van der Waals surface area contributed by atoms with Crippen LogP contribution in [0.2, 0.25) is 10.0 Å². The van der Waals surface area contributed by atoms with Crippen molar-refractivity contribution in [3.8, 4) is 0 Å². The highest BCUT2D eigenvalue weighted by Gasteiger charge is 2.27. The SMILES string of the molecule is Cc1cccc(CSCC(=O)N(Cc2c(Cl)cccc2Cl)[C@@H](C)C(=O)NCC(C)C)c1. The summed E-state index contributed by atoms with van der Waals surface area (Å²) in [4.78, 5) is 27.4. The zero-order valence-electron chi connectivity index (χ0n) is 18.5. The van der Waals surface area contributed by atoms with E-state index in [-0.39, 0.29) is 24.1 Å². The Morgan fingerprint density at radius 3 is 2.32 bits per heavy atom. The highest BCUT2D eigenvalue weighted by molar-refractivity contribution is 7.99. The van der Waals surface area contributed by atoms with Crippen molar-refractivity contribution in [3.05, 3.63) is 69.2 Å². The van der Waals surface area contributed by atoms with E-state index in [1.54, 1.807) is 30.0 Å². The van der Waals surface area contributed by atoms with Crippen molar-refractivity contribution in [2.45, 2.75) is 46.0 Å². The maximum Gasteiger partial charge on any atom is 0.242 e. The van der Waals surface area contributed by atoms with Gasteiger partial charge in [-0.25, -0.2) is 0 Å². The molecule has 7 heteroatoms. The molecule has 0 unspecified atom stereocenters. The van der Waals surface area contributed by atoms with Crippen LogP contribution < -0.4 is 5.32 Å². The van der Waals surface area contributed by atoms with Gasteiger partial charge in [-0.05, 0) is 37.5 Å². The van der Waals surface area contributed by atoms with Crippen LogP contribution in [-0.2, 0) is 21.9 Å². The van der Waals surface area contributed by atoms with Crippen molar-refractivity contribution < 1.29 is 9.59 Å². The van der Waals surface area contributed by atoms with Gasteiger partial charge in [0.2, 0.25) is 11.8 Å². The van der Waals surface area contributed by atoms with Crippen LogP contribution in [0.3, 0.4) is 0 Å². The van der Waals surface area contributed by atoms with Gasteiger partial charge < -0.3 is 10.2 Å². The first kappa shape index (κ1) is 25.6. The first-order chi connectivity index (χ1) is 14.7. The van der Waals surface area contributed by atoms with E-state index < -0.39 is 6.04 Å². The summed E-state index contributed by atoms with van der Waals surface area (Å²) in [6.45, 7) is 8.58. The minimum Gasteiger partial charge on any atom is -0.354 e. The molecule has 2 aromatic rings. The first-order valence-electron chi connectivity index (χ1n) is 10.3. The van der Waals surface area contributed by atoms with E-state index in [1.165, 1.54) is 22.9 Å². The van der Waals surface area contributed by atoms with Gasteiger partial charge in [0.05, 0.1) is 5.75 Å². The van der Waals surface area contributed by atoms with E-state index >= 15 is 0 Å². The molecule has 2 aromatic carbocycles. The van der Waals surface area contributed by atoms with E-state index in [0.717, 1.165) is 5.75 Å². The Labute approximate surface area is 199 Å². The van der Waals surface area contributed by atoms with Crippen LogP contribution in [0.1, 0.15) is 37.5 Å². The maximum atomic E-state index is 13.2. The molecule has 4 nitrogen and oxygen atoms in total. The molecule has 0 saturated carbocycles. The molecule has 1 N–H and O–H groups in total. The highest BCUT2D eigenvalue weighted by Crippen LogP contribution is 2.27. The number of thioether (sulfide) groups is 1. The summed E-state index contributed by atoms with van der Waals surface area (Å²) in [5.41, 5.74) is 3.00. The molecular formula is C24H30Cl2N2O2S. The number of aryl methyl sites for hydroxylation is 1. The Bertz CT molecular complexity index is 885. The lowest BCUT2D eigenvalue weighted by atomic mass is 10.1. The first-order valence-corrected chi connectivity index (χ1v) is 12.2. The van der Waals surface area contributed by atoms with Gasteiger partial charge in [-0.2, -0.15) is 0 Å². The fourth-order valence-corrected chi connectivity index (χ4v) is 4.40. The molecule has 0 radical (unpaired) electrons. The second kappa shape index (κ2) is 12.4. The lowest BCUT2D eigenvalue weighted by Crippen LogP contribution is -2.48. The van der Waals surface area contributed by atoms with Crippen molar-refractivity contribution in [1.82, 2.24) is 10.2 Å². The van der Waals surface area contributed by atoms with E-state index in [0.29, 0.717) is 28.1 Å². The monoisotopic (exact) mass is 480 g/mol. The number of nitrogens with zero attached hydrogens (tertiary/aromatic N) is 1. The molecule has 168 valence electrons. The lowest BCUT2D eigenvalue weighted by molar-refractivity contribution is -0.138. The Hall–Kier alpha value is -1.69. The standard InChI is InChI=1S/C24H30Cl2N2O2S/c1-16(2)12-27-24(30)18(4)28(13-20-21(25)9-6-10-22(20)26)23(29)15-31-14-19-8-5-7-17(3)11-19/h5-11,16,18H,12-15H2,1-4H3,(H,27,30)/t18-/m0/s1. The number of halogens is 2. The number of amides is 2. The minimum atomic E-state index is -0.641. The van der Waals surface area contributed by atoms with Crippen LogP contribution in [0.25, 0.3) is 0 Å². The number of rotatable bonds is 10. The number of hydrogen-bond donors (Lipinski definition) is 1. The molecule has 0 fully saturated rings. The molecule has 0 aliphatic carbocycles. The van der Waals surface area contributed by atoms with Crippen molar-refractivity contribution in [2.24, 2.45) is 5.92 Å². The molecule has 0 saturated heterocycles. The fourth-order valence-electron chi connectivity index (χ4n) is 3.03. The summed E-state index contributed by atoms with van der Waals surface area (Å²) in [6.07, 6.45) is 0. The summed E-state index contributed by atoms with van der Waals surface area (Å²) in [7, 11) is 0. The lowest BCUT2D eigenvalue weighted by Gasteiger charge is -2.29. The normalized spacial score (nSPS) is 12.0. The highest BCUT2D eigenvalue weighted by atomic mass is 35.5. The summed E-state index contributed by atoms with van der Waals surface area (Å²) in [6, 6.07) is 12.8. The summed E-state index contributed by atoms with van der Waals surface area (Å²) < 4.78 is 0. The van der Waals surface area contributed by atoms with Gasteiger partial charge >= 0.3 is 0 Å². The number of carbonyl (C=O) groups excluding carboxylic acids is 2. The van der Waals surface area contributed by atoms with Crippen molar-refractivity contribution in [1.29, 1.82) is 0 Å². The van der Waals surface area contributed by atoms with Crippen LogP contribution in [0, 0.1) is 12.8 Å². The third-order valence-electron chi connectivity index (χ3n) is 4.82. The minimum absolute atomic E-state index is 0.124. The molecule has 31 heavy (non-hydrogen) atoms. The smallest absolute Gasteiger partial charge is 0.242 e. The largest absolute Gasteiger partial charge is 0.354 e. The molecule has 2 rings (SSSR count). The molecule has 0 spiro atoms. The molecule has 0 aromatic heterocycles. The molecule has 2 amide bonds. The molecule has 0 aliphatic heterocycles. The summed E-state index contributed by atoms with van der Waals surface area (Å²) >= 11 is 14.2. The molecular weight excluding hydrogens is 451 g/mol. The fraction of sp³-hybridized carbons (Fsp3) is 0.417. The topological polar surface area (TPSA) is 49.4 Å². The number of hydrogen-bond acceptors (Lipinski definition) is 3. The average Bonchev–Trinajstić information content (AvgIpc) is 2.71. The summed E-state index contributed by atoms with van der Waals surface area (Å²) in [5.74, 6) is 0.998. The predicted molar refractivity (Wildman–Crippen MR) is 132 cm³/mol. The number of nitrogens with one attached hydrogen (secondary N) is 1. The van der Waals surface area contributed by atoms with Gasteiger partial charge in [-0.1, -0.05) is 72.9 Å². The van der Waals surface area contributed by atoms with E-state index in [1.807, 2.05) is 39.0 Å². The predicted octanol–water partition coefficient (Wildman–Crippen LogP) is 5.72. The second-order valence-electron chi connectivity index (χ2n) is 8.02. The van der Waals surface area contributed by atoms with Crippen LogP contribution in [0.5, 0.6) is 0 Å². The molecule has 0 aliphatic rings. The zero-order valence-corrected chi connectivity index (χ0v) is 20.8. The van der Waals surface area contributed by atoms with Gasteiger partial charge in [0.15, 0.2) is 0 Å². The summed E-state index contributed by atoms with van der Waals surface area (Å²) in [5, 5.41) is 3.87. The van der Waals surface area contributed by atoms with Gasteiger partial charge in [-0.3, -0.25) is 9.59 Å². The van der Waals surface area contributed by atoms with E-state index in [2.05, 4.69) is 11.4 Å². The number of benzene rings is 2. The average molecular weight is 481 g/mol. The zero-order chi connectivity index (χ0) is 23.0. The van der Waals surface area contributed by atoms with Gasteiger partial charge in [0.25, 0.3) is 0 Å². The molecule has 0 bridgehead atoms. The van der Waals surface area contributed by atoms with Gasteiger partial charge in [0, 0.05) is 34.5 Å². The van der Waals surface area contributed by atoms with Crippen LogP contribution in [0.15, 0.2) is 42.5 Å². The molecule has 1 atom stereocenters. The van der Waals surface area contributed by atoms with Crippen LogP contribution in [0.4, 0.5) is 0 Å². The second-order valence-corrected chi connectivity index (χ2v) is 9.82. The van der Waals surface area contributed by atoms with Crippen molar-refractivity contribution >= 4 is 46.8 Å². The third kappa shape index (κ3) is 8.06. The Balaban J connectivity index is 2.13. The van der Waals surface area contributed by atoms with Crippen molar-refractivity contribution in [3.63, 3.8) is 0 Å². The van der Waals surface area contributed by atoms with Gasteiger partial charge in [-0.15, -0.1) is 11.8 Å². The number of carbonyl (C=O) groups is 2. The Morgan fingerprint density at radius 1 is 1.06 bits per heavy atom. The molecule has 0 heterocycles. The van der Waals surface area contributed by atoms with E-state index in [9.17, 15) is 9.59 Å². The van der Waals surface area contributed by atoms with E-state index in [4.69, 9.17) is 23.2 Å². The van der Waals surface area contributed by atoms with Crippen LogP contribution >= 0.6 is 35.0 Å². The third-order valence-corrected chi connectivity index (χ3v) is 6.52. The van der Waals surface area contributed by atoms with Crippen molar-refractivity contribution in [2.75, 3.05) is 12.3 Å². The Morgan fingerprint density at radius 2 is 1.71 bits per heavy atom. The Kier molecular flexibility index (Phi) is 10.2. The quantitative estimate of drug-likeness (QED) is 0.472. The van der Waals surface area contributed by atoms with Gasteiger partial charge in [0.1, 0.15) is 6.04 Å². The van der Waals surface area contributed by atoms with Crippen LogP contribution in [-0.4, -0.2) is 35.1 Å².